The molecule has 2 aromatic heterocycles. The van der Waals surface area contributed by atoms with Crippen LogP contribution in [0.4, 0.5) is 5.82 Å². The van der Waals surface area contributed by atoms with E-state index in [4.69, 9.17) is 4.98 Å². The van der Waals surface area contributed by atoms with Gasteiger partial charge in [-0.2, -0.15) is 0 Å². The van der Waals surface area contributed by atoms with Crippen molar-refractivity contribution in [2.75, 3.05) is 31.1 Å². The molecule has 27 heavy (non-hydrogen) atoms. The summed E-state index contributed by atoms with van der Waals surface area (Å²) in [5.74, 6) is 1.90. The molecule has 3 aromatic rings. The number of hydrogen-bond donors (Lipinski definition) is 0. The topological polar surface area (TPSA) is 45.2 Å². The van der Waals surface area contributed by atoms with Gasteiger partial charge in [0.15, 0.2) is 0 Å². The molecule has 0 saturated carbocycles. The van der Waals surface area contributed by atoms with E-state index in [-0.39, 0.29) is 0 Å². The molecule has 1 aliphatic rings. The normalized spacial score (nSPS) is 15.0. The maximum atomic E-state index is 4.82. The minimum atomic E-state index is 0.915. The van der Waals surface area contributed by atoms with E-state index < -0.39 is 0 Å². The fourth-order valence-corrected chi connectivity index (χ4v) is 3.97. The summed E-state index contributed by atoms with van der Waals surface area (Å²) in [5.41, 5.74) is 2.62. The Morgan fingerprint density at radius 1 is 0.815 bits per heavy atom. The molecule has 0 amide bonds. The molecule has 0 spiro atoms. The van der Waals surface area contributed by atoms with Gasteiger partial charge >= 0.3 is 0 Å². The Bertz CT molecular complexity index is 835. The highest BCUT2D eigenvalue weighted by Gasteiger charge is 2.18. The number of thioether (sulfide) groups is 1. The molecule has 1 saturated heterocycles. The molecule has 3 heterocycles. The monoisotopic (exact) mass is 377 g/mol. The Morgan fingerprint density at radius 2 is 1.59 bits per heavy atom. The third-order valence-electron chi connectivity index (χ3n) is 4.68. The van der Waals surface area contributed by atoms with E-state index in [0.717, 1.165) is 49.3 Å². The first-order chi connectivity index (χ1) is 13.4. The molecule has 0 atom stereocenters. The van der Waals surface area contributed by atoms with E-state index in [1.54, 1.807) is 11.8 Å². The maximum absolute atomic E-state index is 4.82. The number of nitrogens with zero attached hydrogens (tertiary/aromatic N) is 5. The Kier molecular flexibility index (Phi) is 5.96. The second-order valence-electron chi connectivity index (χ2n) is 6.61. The first kappa shape index (κ1) is 17.9. The number of pyridine rings is 1. The van der Waals surface area contributed by atoms with Gasteiger partial charge in [0.1, 0.15) is 10.8 Å². The fourth-order valence-electron chi connectivity index (χ4n) is 3.17. The highest BCUT2D eigenvalue weighted by molar-refractivity contribution is 7.98. The lowest BCUT2D eigenvalue weighted by Gasteiger charge is -2.35. The van der Waals surface area contributed by atoms with Gasteiger partial charge in [-0.1, -0.05) is 30.3 Å². The van der Waals surface area contributed by atoms with Crippen LogP contribution >= 0.6 is 11.8 Å². The van der Waals surface area contributed by atoms with Crippen molar-refractivity contribution in [3.8, 4) is 0 Å². The largest absolute Gasteiger partial charge is 0.353 e. The van der Waals surface area contributed by atoms with Crippen LogP contribution in [0.5, 0.6) is 0 Å². The predicted octanol–water partition coefficient (Wildman–Crippen LogP) is 3.49. The third kappa shape index (κ3) is 5.05. The van der Waals surface area contributed by atoms with E-state index >= 15 is 0 Å². The molecular formula is C21H23N5S. The average Bonchev–Trinajstić information content (AvgIpc) is 2.75. The summed E-state index contributed by atoms with van der Waals surface area (Å²) in [4.78, 5) is 18.1. The van der Waals surface area contributed by atoms with Crippen LogP contribution in [-0.2, 0) is 12.3 Å². The molecule has 0 N–H and O–H groups in total. The number of aromatic nitrogens is 3. The third-order valence-corrected chi connectivity index (χ3v) is 5.65. The van der Waals surface area contributed by atoms with E-state index in [9.17, 15) is 0 Å². The lowest BCUT2D eigenvalue weighted by molar-refractivity contribution is 0.249. The van der Waals surface area contributed by atoms with Crippen LogP contribution in [0.3, 0.4) is 0 Å². The van der Waals surface area contributed by atoms with Gasteiger partial charge in [-0.25, -0.2) is 4.98 Å². The van der Waals surface area contributed by atoms with Crippen LogP contribution in [0, 0.1) is 0 Å². The minimum absolute atomic E-state index is 0.915. The molecule has 0 radical (unpaired) electrons. The summed E-state index contributed by atoms with van der Waals surface area (Å²) in [6, 6.07) is 14.7. The second kappa shape index (κ2) is 8.97. The predicted molar refractivity (Wildman–Crippen MR) is 110 cm³/mol. The Balaban J connectivity index is 1.32. The number of rotatable bonds is 6. The molecule has 138 valence electrons. The molecule has 1 fully saturated rings. The van der Waals surface area contributed by atoms with E-state index in [1.165, 1.54) is 11.1 Å². The molecule has 5 nitrogen and oxygen atoms in total. The quantitative estimate of drug-likeness (QED) is 0.613. The standard InChI is InChI=1S/C21H23N5S/c1-2-4-19(5-3-1)17-27-21-15-23-14-20(24-21)26-12-10-25(11-13-26)16-18-6-8-22-9-7-18/h1-9,14-15H,10-13,16-17H2. The Hall–Kier alpha value is -2.44. The average molecular weight is 378 g/mol. The van der Waals surface area contributed by atoms with Gasteiger partial charge in [0, 0.05) is 50.9 Å². The molecule has 6 heteroatoms. The van der Waals surface area contributed by atoms with Gasteiger partial charge in [0.25, 0.3) is 0 Å². The Morgan fingerprint density at radius 3 is 2.37 bits per heavy atom. The molecule has 0 unspecified atom stereocenters. The van der Waals surface area contributed by atoms with Crippen molar-refractivity contribution in [2.45, 2.75) is 17.3 Å². The van der Waals surface area contributed by atoms with Gasteiger partial charge in [-0.3, -0.25) is 14.9 Å². The zero-order chi connectivity index (χ0) is 18.3. The molecule has 1 aliphatic heterocycles. The minimum Gasteiger partial charge on any atom is -0.353 e. The van der Waals surface area contributed by atoms with Crippen LogP contribution in [0.25, 0.3) is 0 Å². The van der Waals surface area contributed by atoms with Crippen LogP contribution in [-0.4, -0.2) is 46.0 Å². The van der Waals surface area contributed by atoms with E-state index in [2.05, 4.69) is 56.2 Å². The van der Waals surface area contributed by atoms with Crippen molar-refractivity contribution in [1.82, 2.24) is 19.9 Å². The zero-order valence-electron chi connectivity index (χ0n) is 15.2. The zero-order valence-corrected chi connectivity index (χ0v) is 16.1. The first-order valence-corrected chi connectivity index (χ1v) is 10.2. The van der Waals surface area contributed by atoms with Crippen molar-refractivity contribution < 1.29 is 0 Å². The van der Waals surface area contributed by atoms with E-state index in [0.29, 0.717) is 0 Å². The molecular weight excluding hydrogens is 354 g/mol. The highest BCUT2D eigenvalue weighted by Crippen LogP contribution is 2.23. The fraction of sp³-hybridized carbons (Fsp3) is 0.286. The lowest BCUT2D eigenvalue weighted by Crippen LogP contribution is -2.46. The van der Waals surface area contributed by atoms with Gasteiger partial charge < -0.3 is 4.90 Å². The number of anilines is 1. The van der Waals surface area contributed by atoms with Crippen molar-refractivity contribution in [3.63, 3.8) is 0 Å². The summed E-state index contributed by atoms with van der Waals surface area (Å²) >= 11 is 1.74. The summed E-state index contributed by atoms with van der Waals surface area (Å²) in [6.45, 7) is 5.00. The van der Waals surface area contributed by atoms with Crippen molar-refractivity contribution in [2.24, 2.45) is 0 Å². The Labute approximate surface area is 164 Å². The molecule has 1 aromatic carbocycles. The summed E-state index contributed by atoms with van der Waals surface area (Å²) in [5, 5.41) is 0.982. The SMILES string of the molecule is c1ccc(CSc2cncc(N3CCN(Cc4ccncc4)CC3)n2)cc1. The molecule has 0 aliphatic carbocycles. The molecule has 0 bridgehead atoms. The summed E-state index contributed by atoms with van der Waals surface area (Å²) in [7, 11) is 0. The van der Waals surface area contributed by atoms with Crippen LogP contribution in [0.1, 0.15) is 11.1 Å². The summed E-state index contributed by atoms with van der Waals surface area (Å²) < 4.78 is 0. The first-order valence-electron chi connectivity index (χ1n) is 9.22. The van der Waals surface area contributed by atoms with Crippen LogP contribution in [0.15, 0.2) is 72.3 Å². The second-order valence-corrected chi connectivity index (χ2v) is 7.60. The number of piperazine rings is 1. The lowest BCUT2D eigenvalue weighted by atomic mass is 10.2. The van der Waals surface area contributed by atoms with Gasteiger partial charge in [-0.05, 0) is 23.3 Å². The van der Waals surface area contributed by atoms with E-state index in [1.807, 2.05) is 30.9 Å². The van der Waals surface area contributed by atoms with Crippen LogP contribution < -0.4 is 4.90 Å². The highest BCUT2D eigenvalue weighted by atomic mass is 32.2. The maximum Gasteiger partial charge on any atom is 0.148 e. The van der Waals surface area contributed by atoms with Gasteiger partial charge in [0.05, 0.1) is 12.4 Å². The van der Waals surface area contributed by atoms with Crippen molar-refractivity contribution >= 4 is 17.6 Å². The van der Waals surface area contributed by atoms with Gasteiger partial charge in [-0.15, -0.1) is 11.8 Å². The number of benzene rings is 1. The van der Waals surface area contributed by atoms with Gasteiger partial charge in [0.2, 0.25) is 0 Å². The van der Waals surface area contributed by atoms with Crippen LogP contribution in [0.2, 0.25) is 0 Å². The summed E-state index contributed by atoms with van der Waals surface area (Å²) in [6.07, 6.45) is 7.46. The van der Waals surface area contributed by atoms with Crippen molar-refractivity contribution in [3.05, 3.63) is 78.4 Å². The number of hydrogen-bond acceptors (Lipinski definition) is 6. The smallest absolute Gasteiger partial charge is 0.148 e. The van der Waals surface area contributed by atoms with Crippen molar-refractivity contribution in [1.29, 1.82) is 0 Å². The molecule has 4 rings (SSSR count).